The van der Waals surface area contributed by atoms with Gasteiger partial charge in [-0.3, -0.25) is 14.9 Å². The second-order valence-corrected chi connectivity index (χ2v) is 7.16. The first-order valence-corrected chi connectivity index (χ1v) is 7.31. The van der Waals surface area contributed by atoms with Crippen molar-refractivity contribution >= 4 is 27.0 Å². The van der Waals surface area contributed by atoms with Crippen LogP contribution >= 0.6 is 10.5 Å². The van der Waals surface area contributed by atoms with Gasteiger partial charge in [0.1, 0.15) is 0 Å². The molecule has 1 aromatic rings. The summed E-state index contributed by atoms with van der Waals surface area (Å²) in [6.07, 6.45) is 0. The van der Waals surface area contributed by atoms with Gasteiger partial charge in [-0.15, -0.1) is 0 Å². The van der Waals surface area contributed by atoms with Crippen molar-refractivity contribution in [2.45, 2.75) is 26.2 Å². The zero-order chi connectivity index (χ0) is 13.3. The second-order valence-electron chi connectivity index (χ2n) is 5.40. The molecule has 2 amide bonds. The van der Waals surface area contributed by atoms with Gasteiger partial charge in [0, 0.05) is 0 Å². The Morgan fingerprint density at radius 3 is 2.56 bits per heavy atom. The molecule has 1 atom stereocenters. The maximum atomic E-state index is 11.5. The van der Waals surface area contributed by atoms with Crippen LogP contribution in [0.5, 0.6) is 0 Å². The van der Waals surface area contributed by atoms with Crippen LogP contribution in [0.1, 0.15) is 31.9 Å². The Morgan fingerprint density at radius 2 is 2.00 bits per heavy atom. The summed E-state index contributed by atoms with van der Waals surface area (Å²) in [5.41, 5.74) is 2.32. The number of carbonyl (C=O) groups is 2. The molecule has 0 spiro atoms. The average Bonchev–Trinajstić information content (AvgIpc) is 2.56. The van der Waals surface area contributed by atoms with Crippen LogP contribution in [-0.4, -0.2) is 22.3 Å². The maximum Gasteiger partial charge on any atom is 0.280 e. The van der Waals surface area contributed by atoms with Gasteiger partial charge in [-0.25, -0.2) is 0 Å². The molecular weight excluding hydrogens is 246 g/mol. The third-order valence-electron chi connectivity index (χ3n) is 2.80. The third kappa shape index (κ3) is 2.88. The Balaban J connectivity index is 2.33. The molecule has 3 nitrogen and oxygen atoms in total. The van der Waals surface area contributed by atoms with Gasteiger partial charge in [-0.1, -0.05) is 55.5 Å². The molecule has 0 radical (unpaired) electrons. The van der Waals surface area contributed by atoms with Gasteiger partial charge in [0.15, 0.2) is 0 Å². The highest BCUT2D eigenvalue weighted by molar-refractivity contribution is 8.28. The average molecular weight is 263 g/mol. The summed E-state index contributed by atoms with van der Waals surface area (Å²) in [6, 6.07) is 8.13. The molecule has 1 heterocycles. The number of hydrogen-bond acceptors (Lipinski definition) is 2. The number of imide groups is 1. The molecule has 96 valence electrons. The monoisotopic (exact) mass is 263 g/mol. The minimum atomic E-state index is -0.613. The van der Waals surface area contributed by atoms with Crippen LogP contribution < -0.4 is 5.32 Å². The van der Waals surface area contributed by atoms with Crippen LogP contribution in [0.25, 0.3) is 0 Å². The van der Waals surface area contributed by atoms with E-state index in [1.165, 1.54) is 5.56 Å². The zero-order valence-corrected chi connectivity index (χ0v) is 11.6. The highest BCUT2D eigenvalue weighted by Crippen LogP contribution is 2.24. The lowest BCUT2D eigenvalue weighted by molar-refractivity contribution is -0.117. The van der Waals surface area contributed by atoms with Gasteiger partial charge in [0.05, 0.1) is 5.75 Å². The molecule has 0 aliphatic carbocycles. The van der Waals surface area contributed by atoms with Gasteiger partial charge in [0.25, 0.3) is 5.24 Å². The molecule has 2 rings (SSSR count). The minimum Gasteiger partial charge on any atom is -0.287 e. The quantitative estimate of drug-likeness (QED) is 0.792. The molecule has 1 aliphatic heterocycles. The molecule has 1 aromatic carbocycles. The summed E-state index contributed by atoms with van der Waals surface area (Å²) in [6.45, 7) is 6.46. The fourth-order valence-electron chi connectivity index (χ4n) is 1.76. The Bertz CT molecular complexity index is 541. The topological polar surface area (TPSA) is 46.2 Å². The van der Waals surface area contributed by atoms with Crippen LogP contribution in [0.15, 0.2) is 24.3 Å². The van der Waals surface area contributed by atoms with Crippen LogP contribution in [0.2, 0.25) is 0 Å². The number of amides is 2. The molecule has 0 aromatic heterocycles. The minimum absolute atomic E-state index is 0.0840. The van der Waals surface area contributed by atoms with Gasteiger partial charge >= 0.3 is 0 Å². The summed E-state index contributed by atoms with van der Waals surface area (Å²) >= 11 is 0. The van der Waals surface area contributed by atoms with Gasteiger partial charge in [0.2, 0.25) is 5.91 Å². The van der Waals surface area contributed by atoms with Crippen molar-refractivity contribution in [3.63, 3.8) is 0 Å². The predicted molar refractivity (Wildman–Crippen MR) is 76.3 cm³/mol. The second kappa shape index (κ2) is 4.69. The highest BCUT2D eigenvalue weighted by Gasteiger charge is 2.22. The number of nitrogens with one attached hydrogen (secondary N) is 1. The van der Waals surface area contributed by atoms with E-state index in [0.717, 1.165) is 5.56 Å². The lowest BCUT2D eigenvalue weighted by Crippen LogP contribution is -2.18. The smallest absolute Gasteiger partial charge is 0.280 e. The summed E-state index contributed by atoms with van der Waals surface area (Å²) < 4.78 is 0. The number of carbonyl (C=O) groups excluding carboxylic acids is 2. The van der Waals surface area contributed by atoms with E-state index in [4.69, 9.17) is 0 Å². The molecule has 1 aliphatic rings. The summed E-state index contributed by atoms with van der Waals surface area (Å²) in [7, 11) is -0.613. The van der Waals surface area contributed by atoms with E-state index >= 15 is 0 Å². The Morgan fingerprint density at radius 1 is 1.28 bits per heavy atom. The molecular formula is C14H17NO2S. The van der Waals surface area contributed by atoms with Crippen LogP contribution in [0.4, 0.5) is 4.79 Å². The molecule has 0 saturated carbocycles. The zero-order valence-electron chi connectivity index (χ0n) is 10.8. The fourth-order valence-corrected chi connectivity index (χ4v) is 3.16. The van der Waals surface area contributed by atoms with Crippen LogP contribution in [-0.2, 0) is 10.2 Å². The van der Waals surface area contributed by atoms with Crippen molar-refractivity contribution in [3.05, 3.63) is 35.4 Å². The molecule has 1 saturated heterocycles. The first-order chi connectivity index (χ1) is 8.36. The first kappa shape index (κ1) is 13.0. The van der Waals surface area contributed by atoms with Crippen molar-refractivity contribution in [2.75, 3.05) is 5.75 Å². The number of benzene rings is 1. The van der Waals surface area contributed by atoms with E-state index in [1.807, 2.05) is 17.5 Å². The van der Waals surface area contributed by atoms with Gasteiger partial charge in [-0.05, 0) is 21.9 Å². The van der Waals surface area contributed by atoms with Crippen molar-refractivity contribution in [2.24, 2.45) is 0 Å². The van der Waals surface area contributed by atoms with E-state index in [1.54, 1.807) is 0 Å². The first-order valence-electron chi connectivity index (χ1n) is 5.85. The lowest BCUT2D eigenvalue weighted by atomic mass is 9.86. The number of rotatable bonds is 1. The molecule has 0 bridgehead atoms. The third-order valence-corrected chi connectivity index (χ3v) is 4.51. The highest BCUT2D eigenvalue weighted by atomic mass is 32.2. The van der Waals surface area contributed by atoms with E-state index in [9.17, 15) is 9.59 Å². The van der Waals surface area contributed by atoms with Crippen molar-refractivity contribution in [3.8, 4) is 0 Å². The largest absolute Gasteiger partial charge is 0.287 e. The summed E-state index contributed by atoms with van der Waals surface area (Å²) in [5.74, 6) is 0.116. The Labute approximate surface area is 110 Å². The maximum absolute atomic E-state index is 11.5. The fraction of sp³-hybridized carbons (Fsp3) is 0.357. The predicted octanol–water partition coefficient (Wildman–Crippen LogP) is 2.65. The van der Waals surface area contributed by atoms with E-state index < -0.39 is 10.5 Å². The molecule has 18 heavy (non-hydrogen) atoms. The molecule has 1 fully saturated rings. The standard InChI is InChI=1S/C14H17NO2S/c1-14(2,3)11-6-4-5-10(7-11)8-18-9-12(16)15-13(18)17/h4-8H,9H2,1-3H3,(H,15,16,17). The molecule has 1 N–H and O–H groups in total. The van der Waals surface area contributed by atoms with E-state index in [0.29, 0.717) is 5.75 Å². The lowest BCUT2D eigenvalue weighted by Gasteiger charge is -2.19. The van der Waals surface area contributed by atoms with Crippen molar-refractivity contribution < 1.29 is 9.59 Å². The van der Waals surface area contributed by atoms with E-state index in [-0.39, 0.29) is 16.6 Å². The Kier molecular flexibility index (Phi) is 3.39. The number of hydrogen-bond donors (Lipinski definition) is 1. The SMILES string of the molecule is CC(C)(C)c1cccc(/C=S2\CC(=O)NC2=O)c1. The van der Waals surface area contributed by atoms with Gasteiger partial charge in [-0.2, -0.15) is 0 Å². The summed E-state index contributed by atoms with van der Waals surface area (Å²) in [5, 5.41) is 4.07. The molecule has 4 heteroatoms. The van der Waals surface area contributed by atoms with Crippen molar-refractivity contribution in [1.82, 2.24) is 5.32 Å². The van der Waals surface area contributed by atoms with Crippen LogP contribution in [0.3, 0.4) is 0 Å². The summed E-state index contributed by atoms with van der Waals surface area (Å²) in [4.78, 5) is 22.7. The Hall–Kier alpha value is -1.42. The normalized spacial score (nSPS) is 20.3. The molecule has 1 unspecified atom stereocenters. The van der Waals surface area contributed by atoms with Crippen LogP contribution in [0, 0.1) is 0 Å². The van der Waals surface area contributed by atoms with E-state index in [2.05, 4.69) is 38.2 Å². The van der Waals surface area contributed by atoms with Gasteiger partial charge < -0.3 is 0 Å². The van der Waals surface area contributed by atoms with Crippen molar-refractivity contribution in [1.29, 1.82) is 0 Å².